The summed E-state index contributed by atoms with van der Waals surface area (Å²) in [5.41, 5.74) is 0.789. The Morgan fingerprint density at radius 3 is 2.74 bits per heavy atom. The van der Waals surface area contributed by atoms with E-state index >= 15 is 0 Å². The number of phenolic OH excluding ortho intramolecular Hbond substituents is 1. The molecule has 0 amide bonds. The molecule has 0 aromatic heterocycles. The van der Waals surface area contributed by atoms with Gasteiger partial charge in [-0.15, -0.1) is 0 Å². The first kappa shape index (κ1) is 12.6. The molecule has 0 spiro atoms. The minimum absolute atomic E-state index is 0.183. The van der Waals surface area contributed by atoms with Gasteiger partial charge < -0.3 is 25.0 Å². The molecule has 2 aliphatic rings. The van der Waals surface area contributed by atoms with E-state index in [1.165, 1.54) is 0 Å². The standard InChI is InChI=1S/C14H19NO4/c16-11-3-1-2-9(11)6-15-7-10-4-13-14(5-12(10)17)19-8-18-13/h4-5,9,11,15-17H,1-3,6-8H2. The average Bonchev–Trinajstić information content (AvgIpc) is 2.99. The highest BCUT2D eigenvalue weighted by Gasteiger charge is 2.24. The zero-order valence-electron chi connectivity index (χ0n) is 10.8. The number of benzene rings is 1. The van der Waals surface area contributed by atoms with E-state index in [9.17, 15) is 10.2 Å². The van der Waals surface area contributed by atoms with Crippen LogP contribution in [0.15, 0.2) is 12.1 Å². The van der Waals surface area contributed by atoms with Crippen molar-refractivity contribution in [1.82, 2.24) is 5.32 Å². The number of nitrogens with one attached hydrogen (secondary N) is 1. The van der Waals surface area contributed by atoms with Gasteiger partial charge in [0.1, 0.15) is 5.75 Å². The number of ether oxygens (including phenoxy) is 2. The second-order valence-corrected chi connectivity index (χ2v) is 5.22. The first-order chi connectivity index (χ1) is 9.24. The van der Waals surface area contributed by atoms with E-state index in [4.69, 9.17) is 9.47 Å². The number of aliphatic hydroxyl groups is 1. The van der Waals surface area contributed by atoms with Crippen molar-refractivity contribution in [2.45, 2.75) is 31.9 Å². The van der Waals surface area contributed by atoms with Gasteiger partial charge in [-0.25, -0.2) is 0 Å². The van der Waals surface area contributed by atoms with Crippen LogP contribution >= 0.6 is 0 Å². The predicted molar refractivity (Wildman–Crippen MR) is 69.3 cm³/mol. The molecule has 1 heterocycles. The highest BCUT2D eigenvalue weighted by atomic mass is 16.7. The molecule has 1 aliphatic heterocycles. The summed E-state index contributed by atoms with van der Waals surface area (Å²) >= 11 is 0. The highest BCUT2D eigenvalue weighted by molar-refractivity contribution is 5.51. The van der Waals surface area contributed by atoms with Crippen LogP contribution < -0.4 is 14.8 Å². The minimum Gasteiger partial charge on any atom is -0.507 e. The molecular weight excluding hydrogens is 246 g/mol. The SMILES string of the molecule is Oc1cc2c(cc1CNCC1CCCC1O)OCO2. The van der Waals surface area contributed by atoms with Crippen LogP contribution in [0.4, 0.5) is 0 Å². The van der Waals surface area contributed by atoms with Crippen LogP contribution in [0.2, 0.25) is 0 Å². The fourth-order valence-corrected chi connectivity index (χ4v) is 2.76. The summed E-state index contributed by atoms with van der Waals surface area (Å²) in [6.07, 6.45) is 2.89. The number of aromatic hydroxyl groups is 1. The lowest BCUT2D eigenvalue weighted by atomic mass is 10.1. The van der Waals surface area contributed by atoms with E-state index in [1.54, 1.807) is 12.1 Å². The largest absolute Gasteiger partial charge is 0.507 e. The zero-order valence-corrected chi connectivity index (χ0v) is 10.8. The first-order valence-corrected chi connectivity index (χ1v) is 6.74. The van der Waals surface area contributed by atoms with Crippen LogP contribution in [0.3, 0.4) is 0 Å². The molecule has 1 aromatic rings. The Kier molecular flexibility index (Phi) is 3.48. The molecule has 5 heteroatoms. The molecule has 0 saturated heterocycles. The summed E-state index contributed by atoms with van der Waals surface area (Å²) < 4.78 is 10.5. The van der Waals surface area contributed by atoms with E-state index in [2.05, 4.69) is 5.32 Å². The van der Waals surface area contributed by atoms with Gasteiger partial charge >= 0.3 is 0 Å². The lowest BCUT2D eigenvalue weighted by Crippen LogP contribution is -2.27. The lowest BCUT2D eigenvalue weighted by Gasteiger charge is -2.15. The fraction of sp³-hybridized carbons (Fsp3) is 0.571. The van der Waals surface area contributed by atoms with Crippen molar-refractivity contribution in [3.8, 4) is 17.2 Å². The molecule has 3 rings (SSSR count). The minimum atomic E-state index is -0.183. The monoisotopic (exact) mass is 265 g/mol. The van der Waals surface area contributed by atoms with Crippen LogP contribution in [-0.4, -0.2) is 29.7 Å². The normalized spacial score (nSPS) is 24.9. The van der Waals surface area contributed by atoms with Crippen molar-refractivity contribution in [3.05, 3.63) is 17.7 Å². The van der Waals surface area contributed by atoms with Gasteiger partial charge in [-0.1, -0.05) is 6.42 Å². The molecular formula is C14H19NO4. The van der Waals surface area contributed by atoms with Crippen molar-refractivity contribution in [2.24, 2.45) is 5.92 Å². The van der Waals surface area contributed by atoms with Gasteiger partial charge in [0.2, 0.25) is 6.79 Å². The van der Waals surface area contributed by atoms with Gasteiger partial charge in [0, 0.05) is 24.7 Å². The average molecular weight is 265 g/mol. The first-order valence-electron chi connectivity index (χ1n) is 6.74. The van der Waals surface area contributed by atoms with Crippen LogP contribution in [0.25, 0.3) is 0 Å². The Bertz CT molecular complexity index is 463. The Morgan fingerprint density at radius 2 is 2.00 bits per heavy atom. The summed E-state index contributed by atoms with van der Waals surface area (Å²) in [5.74, 6) is 1.81. The second-order valence-electron chi connectivity index (χ2n) is 5.22. The van der Waals surface area contributed by atoms with Crippen molar-refractivity contribution in [3.63, 3.8) is 0 Å². The fourth-order valence-electron chi connectivity index (χ4n) is 2.76. The van der Waals surface area contributed by atoms with Gasteiger partial charge in [-0.3, -0.25) is 0 Å². The number of hydrogen-bond donors (Lipinski definition) is 3. The molecule has 0 bridgehead atoms. The van der Waals surface area contributed by atoms with Crippen LogP contribution in [0, 0.1) is 5.92 Å². The molecule has 1 aromatic carbocycles. The molecule has 3 N–H and O–H groups in total. The number of rotatable bonds is 4. The molecule has 1 saturated carbocycles. The van der Waals surface area contributed by atoms with Gasteiger partial charge in [-0.2, -0.15) is 0 Å². The van der Waals surface area contributed by atoms with Crippen LogP contribution in [0.5, 0.6) is 17.2 Å². The Morgan fingerprint density at radius 1 is 1.21 bits per heavy atom. The molecule has 1 aliphatic carbocycles. The maximum absolute atomic E-state index is 9.89. The third-order valence-corrected chi connectivity index (χ3v) is 3.91. The number of hydrogen-bond acceptors (Lipinski definition) is 5. The maximum atomic E-state index is 9.89. The van der Waals surface area contributed by atoms with Crippen molar-refractivity contribution in [2.75, 3.05) is 13.3 Å². The molecule has 1 fully saturated rings. The van der Waals surface area contributed by atoms with E-state index in [0.29, 0.717) is 24.0 Å². The Balaban J connectivity index is 1.58. The van der Waals surface area contributed by atoms with Gasteiger partial charge in [0.05, 0.1) is 6.10 Å². The molecule has 2 atom stereocenters. The van der Waals surface area contributed by atoms with Gasteiger partial charge in [0.25, 0.3) is 0 Å². The van der Waals surface area contributed by atoms with Crippen molar-refractivity contribution >= 4 is 0 Å². The third-order valence-electron chi connectivity index (χ3n) is 3.91. The lowest BCUT2D eigenvalue weighted by molar-refractivity contribution is 0.131. The zero-order chi connectivity index (χ0) is 13.2. The highest BCUT2D eigenvalue weighted by Crippen LogP contribution is 2.37. The summed E-state index contributed by atoms with van der Waals surface area (Å²) in [4.78, 5) is 0. The maximum Gasteiger partial charge on any atom is 0.231 e. The van der Waals surface area contributed by atoms with Gasteiger partial charge in [-0.05, 0) is 24.8 Å². The van der Waals surface area contributed by atoms with E-state index in [1.807, 2.05) is 0 Å². The number of aliphatic hydroxyl groups excluding tert-OH is 1. The second kappa shape index (κ2) is 5.27. The number of phenols is 1. The topological polar surface area (TPSA) is 71.0 Å². The van der Waals surface area contributed by atoms with Crippen molar-refractivity contribution < 1.29 is 19.7 Å². The smallest absolute Gasteiger partial charge is 0.231 e. The number of fused-ring (bicyclic) bond motifs is 1. The summed E-state index contributed by atoms with van der Waals surface area (Å²) in [5, 5.41) is 22.9. The van der Waals surface area contributed by atoms with E-state index in [-0.39, 0.29) is 18.6 Å². The van der Waals surface area contributed by atoms with Crippen LogP contribution in [-0.2, 0) is 6.54 Å². The van der Waals surface area contributed by atoms with E-state index < -0.39 is 0 Å². The molecule has 0 radical (unpaired) electrons. The predicted octanol–water partition coefficient (Wildman–Crippen LogP) is 1.37. The molecule has 5 nitrogen and oxygen atoms in total. The van der Waals surface area contributed by atoms with E-state index in [0.717, 1.165) is 31.4 Å². The summed E-state index contributed by atoms with van der Waals surface area (Å²) in [6, 6.07) is 3.39. The van der Waals surface area contributed by atoms with Crippen molar-refractivity contribution in [1.29, 1.82) is 0 Å². The molecule has 2 unspecified atom stereocenters. The summed E-state index contributed by atoms with van der Waals surface area (Å²) in [7, 11) is 0. The third kappa shape index (κ3) is 2.62. The molecule has 104 valence electrons. The quantitative estimate of drug-likeness (QED) is 0.767. The summed E-state index contributed by atoms with van der Waals surface area (Å²) in [6.45, 7) is 1.54. The Hall–Kier alpha value is -1.46. The van der Waals surface area contributed by atoms with Gasteiger partial charge in [0.15, 0.2) is 11.5 Å². The van der Waals surface area contributed by atoms with Crippen LogP contribution in [0.1, 0.15) is 24.8 Å². The Labute approximate surface area is 112 Å². The molecule has 19 heavy (non-hydrogen) atoms.